The molecular weight excluding hydrogens is 216 g/mol. The van der Waals surface area contributed by atoms with E-state index in [1.807, 2.05) is 32.4 Å². The van der Waals surface area contributed by atoms with Crippen molar-refractivity contribution in [3.05, 3.63) is 36.0 Å². The van der Waals surface area contributed by atoms with E-state index in [1.54, 1.807) is 10.9 Å². The van der Waals surface area contributed by atoms with Gasteiger partial charge in [-0.3, -0.25) is 4.68 Å². The third-order valence-electron chi connectivity index (χ3n) is 2.83. The highest BCUT2D eigenvalue weighted by Crippen LogP contribution is 2.08. The van der Waals surface area contributed by atoms with Crippen LogP contribution in [0.3, 0.4) is 0 Å². The van der Waals surface area contributed by atoms with Gasteiger partial charge in [-0.25, -0.2) is 0 Å². The van der Waals surface area contributed by atoms with Gasteiger partial charge in [0.15, 0.2) is 0 Å². The Morgan fingerprint density at radius 1 is 1.53 bits per heavy atom. The molecular formula is C12H18N4O. The molecule has 5 heteroatoms. The lowest BCUT2D eigenvalue weighted by molar-refractivity contribution is 0.458. The van der Waals surface area contributed by atoms with Gasteiger partial charge in [-0.1, -0.05) is 5.21 Å². The van der Waals surface area contributed by atoms with Crippen LogP contribution < -0.4 is 5.32 Å². The summed E-state index contributed by atoms with van der Waals surface area (Å²) in [4.78, 5) is 0. The number of likely N-dealkylation sites (N-methyl/N-ethyl adjacent to an activating group) is 1. The van der Waals surface area contributed by atoms with Crippen molar-refractivity contribution >= 4 is 0 Å². The van der Waals surface area contributed by atoms with Crippen LogP contribution in [0.25, 0.3) is 0 Å². The molecule has 1 atom stereocenters. The summed E-state index contributed by atoms with van der Waals surface area (Å²) in [6.07, 6.45) is 6.54. The number of aryl methyl sites for hydroxylation is 2. The fourth-order valence-corrected chi connectivity index (χ4v) is 1.86. The Morgan fingerprint density at radius 2 is 2.41 bits per heavy atom. The van der Waals surface area contributed by atoms with Crippen molar-refractivity contribution in [1.82, 2.24) is 20.3 Å². The van der Waals surface area contributed by atoms with Gasteiger partial charge in [0.2, 0.25) is 0 Å². The zero-order valence-corrected chi connectivity index (χ0v) is 10.3. The summed E-state index contributed by atoms with van der Waals surface area (Å²) < 4.78 is 7.05. The van der Waals surface area contributed by atoms with Crippen molar-refractivity contribution in [2.45, 2.75) is 25.3 Å². The number of nitrogens with zero attached hydrogens (tertiary/aromatic N) is 3. The van der Waals surface area contributed by atoms with Crippen LogP contribution in [0.15, 0.2) is 29.0 Å². The zero-order valence-electron chi connectivity index (χ0n) is 10.3. The Hall–Kier alpha value is -1.62. The molecule has 0 spiro atoms. The Balaban J connectivity index is 1.84. The number of hydrogen-bond donors (Lipinski definition) is 1. The lowest BCUT2D eigenvalue weighted by Gasteiger charge is -2.13. The smallest absolute Gasteiger partial charge is 0.103 e. The van der Waals surface area contributed by atoms with Crippen molar-refractivity contribution in [3.8, 4) is 0 Å². The van der Waals surface area contributed by atoms with Crippen LogP contribution >= 0.6 is 0 Å². The molecule has 2 aromatic rings. The van der Waals surface area contributed by atoms with Crippen LogP contribution in [0.4, 0.5) is 0 Å². The minimum atomic E-state index is 0.400. The van der Waals surface area contributed by atoms with E-state index in [2.05, 4.69) is 15.6 Å². The van der Waals surface area contributed by atoms with Gasteiger partial charge in [-0.15, -0.1) is 5.10 Å². The second-order valence-corrected chi connectivity index (χ2v) is 4.19. The number of furan rings is 1. The van der Waals surface area contributed by atoms with Gasteiger partial charge in [0.25, 0.3) is 0 Å². The topological polar surface area (TPSA) is 55.9 Å². The highest BCUT2D eigenvalue weighted by molar-refractivity contribution is 5.00. The van der Waals surface area contributed by atoms with Gasteiger partial charge in [-0.2, -0.15) is 0 Å². The van der Waals surface area contributed by atoms with Crippen LogP contribution in [-0.4, -0.2) is 28.1 Å². The first kappa shape index (κ1) is 11.9. The standard InChI is InChI=1S/C12H18N4O/c1-13-10(5-6-12-4-3-7-17-12)8-11-9-16(2)15-14-11/h3-4,7,9-10,13H,5-6,8H2,1-2H3. The molecule has 2 heterocycles. The third-order valence-corrected chi connectivity index (χ3v) is 2.83. The molecule has 0 bridgehead atoms. The second-order valence-electron chi connectivity index (χ2n) is 4.19. The van der Waals surface area contributed by atoms with E-state index < -0.39 is 0 Å². The van der Waals surface area contributed by atoms with Crippen LogP contribution in [0.1, 0.15) is 17.9 Å². The van der Waals surface area contributed by atoms with Gasteiger partial charge in [0.1, 0.15) is 5.76 Å². The van der Waals surface area contributed by atoms with Crippen molar-refractivity contribution in [3.63, 3.8) is 0 Å². The molecule has 5 nitrogen and oxygen atoms in total. The molecule has 0 aromatic carbocycles. The van der Waals surface area contributed by atoms with E-state index in [9.17, 15) is 0 Å². The maximum absolute atomic E-state index is 5.32. The maximum Gasteiger partial charge on any atom is 0.103 e. The SMILES string of the molecule is CNC(CCc1ccco1)Cc1cn(C)nn1. The average molecular weight is 234 g/mol. The fourth-order valence-electron chi connectivity index (χ4n) is 1.86. The lowest BCUT2D eigenvalue weighted by atomic mass is 10.1. The Bertz CT molecular complexity index is 435. The normalized spacial score (nSPS) is 12.8. The summed E-state index contributed by atoms with van der Waals surface area (Å²) in [5, 5.41) is 11.3. The predicted octanol–water partition coefficient (Wildman–Crippen LogP) is 1.17. The summed E-state index contributed by atoms with van der Waals surface area (Å²) in [6, 6.07) is 4.33. The molecule has 1 N–H and O–H groups in total. The van der Waals surface area contributed by atoms with Crippen LogP contribution in [0.2, 0.25) is 0 Å². The van der Waals surface area contributed by atoms with Gasteiger partial charge < -0.3 is 9.73 Å². The lowest BCUT2D eigenvalue weighted by Crippen LogP contribution is -2.28. The van der Waals surface area contributed by atoms with Gasteiger partial charge in [0, 0.05) is 32.1 Å². The Kier molecular flexibility index (Phi) is 3.93. The first-order chi connectivity index (χ1) is 8.28. The summed E-state index contributed by atoms with van der Waals surface area (Å²) >= 11 is 0. The van der Waals surface area contributed by atoms with Crippen LogP contribution in [-0.2, 0) is 19.9 Å². The number of aromatic nitrogens is 3. The molecule has 0 aliphatic carbocycles. The van der Waals surface area contributed by atoms with E-state index in [0.717, 1.165) is 30.7 Å². The predicted molar refractivity (Wildman–Crippen MR) is 64.6 cm³/mol. The molecule has 2 rings (SSSR count). The van der Waals surface area contributed by atoms with Crippen molar-refractivity contribution in [2.24, 2.45) is 7.05 Å². The molecule has 0 saturated heterocycles. The van der Waals surface area contributed by atoms with E-state index in [1.165, 1.54) is 0 Å². The molecule has 17 heavy (non-hydrogen) atoms. The van der Waals surface area contributed by atoms with Gasteiger partial charge in [-0.05, 0) is 25.6 Å². The van der Waals surface area contributed by atoms with Gasteiger partial charge >= 0.3 is 0 Å². The number of nitrogens with one attached hydrogen (secondary N) is 1. The molecule has 0 aliphatic rings. The minimum Gasteiger partial charge on any atom is -0.469 e. The van der Waals surface area contributed by atoms with E-state index in [4.69, 9.17) is 4.42 Å². The van der Waals surface area contributed by atoms with Crippen LogP contribution in [0, 0.1) is 0 Å². The highest BCUT2D eigenvalue weighted by Gasteiger charge is 2.10. The molecule has 0 amide bonds. The molecule has 0 saturated carbocycles. The highest BCUT2D eigenvalue weighted by atomic mass is 16.3. The Morgan fingerprint density at radius 3 is 3.00 bits per heavy atom. The maximum atomic E-state index is 5.32. The van der Waals surface area contributed by atoms with Crippen molar-refractivity contribution < 1.29 is 4.42 Å². The molecule has 0 aliphatic heterocycles. The second kappa shape index (κ2) is 5.63. The van der Waals surface area contributed by atoms with Crippen molar-refractivity contribution in [2.75, 3.05) is 7.05 Å². The molecule has 1 unspecified atom stereocenters. The van der Waals surface area contributed by atoms with E-state index in [-0.39, 0.29) is 0 Å². The average Bonchev–Trinajstić information content (AvgIpc) is 2.96. The fraction of sp³-hybridized carbons (Fsp3) is 0.500. The Labute approximate surface area is 101 Å². The molecule has 2 aromatic heterocycles. The minimum absolute atomic E-state index is 0.400. The monoisotopic (exact) mass is 234 g/mol. The van der Waals surface area contributed by atoms with E-state index in [0.29, 0.717) is 6.04 Å². The quantitative estimate of drug-likeness (QED) is 0.815. The summed E-state index contributed by atoms with van der Waals surface area (Å²) in [5.41, 5.74) is 1.02. The number of rotatable bonds is 6. The summed E-state index contributed by atoms with van der Waals surface area (Å²) in [5.74, 6) is 1.03. The number of hydrogen-bond acceptors (Lipinski definition) is 4. The molecule has 0 fully saturated rings. The third kappa shape index (κ3) is 3.42. The zero-order chi connectivity index (χ0) is 12.1. The largest absolute Gasteiger partial charge is 0.469 e. The molecule has 92 valence electrons. The summed E-state index contributed by atoms with van der Waals surface area (Å²) in [6.45, 7) is 0. The first-order valence-corrected chi connectivity index (χ1v) is 5.83. The summed E-state index contributed by atoms with van der Waals surface area (Å²) in [7, 11) is 3.86. The van der Waals surface area contributed by atoms with E-state index >= 15 is 0 Å². The molecule has 0 radical (unpaired) electrons. The van der Waals surface area contributed by atoms with Gasteiger partial charge in [0.05, 0.1) is 12.0 Å². The van der Waals surface area contributed by atoms with Crippen LogP contribution in [0.5, 0.6) is 0 Å². The first-order valence-electron chi connectivity index (χ1n) is 5.83. The van der Waals surface area contributed by atoms with Crippen molar-refractivity contribution in [1.29, 1.82) is 0 Å².